The van der Waals surface area contributed by atoms with Gasteiger partial charge in [-0.1, -0.05) is 31.2 Å². The number of benzene rings is 1. The second kappa shape index (κ2) is 8.82. The third-order valence-corrected chi connectivity index (χ3v) is 5.15. The van der Waals surface area contributed by atoms with Crippen molar-refractivity contribution in [2.24, 2.45) is 11.8 Å². The second-order valence-electron chi connectivity index (χ2n) is 6.99. The summed E-state index contributed by atoms with van der Waals surface area (Å²) in [6.07, 6.45) is 5.75. The summed E-state index contributed by atoms with van der Waals surface area (Å²) < 4.78 is 4.96. The van der Waals surface area contributed by atoms with Crippen LogP contribution in [0.3, 0.4) is 0 Å². The predicted octanol–water partition coefficient (Wildman–Crippen LogP) is 2.07. The molecule has 0 spiro atoms. The van der Waals surface area contributed by atoms with Crippen molar-refractivity contribution in [1.29, 1.82) is 0 Å². The molecular weight excluding hydrogens is 360 g/mol. The Morgan fingerprint density at radius 1 is 1.07 bits per heavy atom. The van der Waals surface area contributed by atoms with E-state index in [1.807, 2.05) is 31.2 Å². The van der Waals surface area contributed by atoms with Crippen molar-refractivity contribution in [3.05, 3.63) is 42.0 Å². The number of fused-ring (bicyclic) bond motifs is 1. The maximum atomic E-state index is 12.3. The summed E-state index contributed by atoms with van der Waals surface area (Å²) in [4.78, 5) is 49.6. The van der Waals surface area contributed by atoms with Crippen LogP contribution in [0, 0.1) is 11.8 Å². The number of ether oxygens (including phenoxy) is 1. The van der Waals surface area contributed by atoms with Gasteiger partial charge in [-0.25, -0.2) is 0 Å². The normalized spacial score (nSPS) is 20.8. The van der Waals surface area contributed by atoms with Crippen LogP contribution in [0.25, 0.3) is 0 Å². The number of rotatable bonds is 7. The molecule has 1 aliphatic heterocycles. The molecule has 1 aromatic rings. The van der Waals surface area contributed by atoms with Crippen LogP contribution in [-0.4, -0.2) is 41.7 Å². The largest absolute Gasteiger partial charge is 0.456 e. The van der Waals surface area contributed by atoms with Crippen LogP contribution in [0.15, 0.2) is 36.4 Å². The molecule has 0 radical (unpaired) electrons. The SMILES string of the molecule is CCc1ccc(NC(=O)COC(=O)CCN2C(=O)[C@H]3CC=CC[C@H]3C2=O)cc1. The molecule has 1 aliphatic carbocycles. The highest BCUT2D eigenvalue weighted by atomic mass is 16.5. The first kappa shape index (κ1) is 19.8. The number of hydrogen-bond acceptors (Lipinski definition) is 5. The zero-order valence-electron chi connectivity index (χ0n) is 15.8. The maximum Gasteiger partial charge on any atom is 0.308 e. The summed E-state index contributed by atoms with van der Waals surface area (Å²) in [5, 5.41) is 2.65. The van der Waals surface area contributed by atoms with E-state index >= 15 is 0 Å². The summed E-state index contributed by atoms with van der Waals surface area (Å²) >= 11 is 0. The highest BCUT2D eigenvalue weighted by Gasteiger charge is 2.46. The van der Waals surface area contributed by atoms with Gasteiger partial charge in [-0.3, -0.25) is 24.1 Å². The van der Waals surface area contributed by atoms with E-state index < -0.39 is 18.5 Å². The summed E-state index contributed by atoms with van der Waals surface area (Å²) in [6.45, 7) is 1.62. The second-order valence-corrected chi connectivity index (χ2v) is 6.99. The molecule has 0 unspecified atom stereocenters. The Kier molecular flexibility index (Phi) is 6.23. The van der Waals surface area contributed by atoms with E-state index in [2.05, 4.69) is 5.32 Å². The number of carbonyl (C=O) groups excluding carboxylic acids is 4. The molecule has 1 aromatic carbocycles. The summed E-state index contributed by atoms with van der Waals surface area (Å²) in [5.74, 6) is -2.12. The number of anilines is 1. The van der Waals surface area contributed by atoms with Crippen molar-refractivity contribution in [1.82, 2.24) is 4.90 Å². The van der Waals surface area contributed by atoms with Crippen molar-refractivity contribution in [2.75, 3.05) is 18.5 Å². The molecule has 1 N–H and O–H groups in total. The van der Waals surface area contributed by atoms with E-state index in [1.165, 1.54) is 0 Å². The van der Waals surface area contributed by atoms with Gasteiger partial charge in [0.2, 0.25) is 11.8 Å². The summed E-state index contributed by atoms with van der Waals surface area (Å²) in [7, 11) is 0. The van der Waals surface area contributed by atoms with Gasteiger partial charge in [-0.2, -0.15) is 0 Å². The molecule has 1 fully saturated rings. The van der Waals surface area contributed by atoms with Gasteiger partial charge in [0.25, 0.3) is 5.91 Å². The summed E-state index contributed by atoms with van der Waals surface area (Å²) in [6, 6.07) is 7.41. The van der Waals surface area contributed by atoms with Crippen LogP contribution in [0.5, 0.6) is 0 Å². The van der Waals surface area contributed by atoms with Gasteiger partial charge in [0.05, 0.1) is 18.3 Å². The fourth-order valence-electron chi connectivity index (χ4n) is 3.53. The first-order valence-corrected chi connectivity index (χ1v) is 9.54. The zero-order chi connectivity index (χ0) is 20.1. The Bertz CT molecular complexity index is 774. The monoisotopic (exact) mass is 384 g/mol. The van der Waals surface area contributed by atoms with Crippen molar-refractivity contribution in [3.63, 3.8) is 0 Å². The molecule has 7 heteroatoms. The fraction of sp³-hybridized carbons (Fsp3) is 0.429. The van der Waals surface area contributed by atoms with Gasteiger partial charge in [0.15, 0.2) is 6.61 Å². The highest BCUT2D eigenvalue weighted by Crippen LogP contribution is 2.34. The van der Waals surface area contributed by atoms with Crippen LogP contribution >= 0.6 is 0 Å². The average Bonchev–Trinajstić information content (AvgIpc) is 2.96. The van der Waals surface area contributed by atoms with E-state index in [9.17, 15) is 19.2 Å². The Labute approximate surface area is 163 Å². The van der Waals surface area contributed by atoms with Crippen LogP contribution in [0.2, 0.25) is 0 Å². The minimum absolute atomic E-state index is 0.0103. The van der Waals surface area contributed by atoms with Gasteiger partial charge in [-0.15, -0.1) is 0 Å². The van der Waals surface area contributed by atoms with Gasteiger partial charge in [0.1, 0.15) is 0 Å². The summed E-state index contributed by atoms with van der Waals surface area (Å²) in [5.41, 5.74) is 1.79. The molecule has 2 aliphatic rings. The van der Waals surface area contributed by atoms with Crippen LogP contribution in [0.4, 0.5) is 5.69 Å². The molecule has 148 valence electrons. The lowest BCUT2D eigenvalue weighted by atomic mass is 9.85. The average molecular weight is 384 g/mol. The van der Waals surface area contributed by atoms with Crippen LogP contribution < -0.4 is 5.32 Å². The third kappa shape index (κ3) is 4.47. The molecule has 0 aromatic heterocycles. The Hall–Kier alpha value is -2.96. The topological polar surface area (TPSA) is 92.8 Å². The molecule has 3 rings (SSSR count). The predicted molar refractivity (Wildman–Crippen MR) is 102 cm³/mol. The van der Waals surface area contributed by atoms with Crippen molar-refractivity contribution in [3.8, 4) is 0 Å². The van der Waals surface area contributed by atoms with E-state index in [-0.39, 0.29) is 36.6 Å². The zero-order valence-corrected chi connectivity index (χ0v) is 15.8. The number of likely N-dealkylation sites (tertiary alicyclic amines) is 1. The van der Waals surface area contributed by atoms with E-state index in [0.29, 0.717) is 18.5 Å². The minimum atomic E-state index is -0.620. The molecule has 1 saturated heterocycles. The molecular formula is C21H24N2O5. The van der Waals surface area contributed by atoms with Gasteiger partial charge < -0.3 is 10.1 Å². The van der Waals surface area contributed by atoms with E-state index in [4.69, 9.17) is 4.74 Å². The number of carbonyl (C=O) groups is 4. The molecule has 2 atom stereocenters. The molecule has 7 nitrogen and oxygen atoms in total. The van der Waals surface area contributed by atoms with Crippen LogP contribution in [0.1, 0.15) is 31.7 Å². The quantitative estimate of drug-likeness (QED) is 0.441. The lowest BCUT2D eigenvalue weighted by Gasteiger charge is -2.14. The van der Waals surface area contributed by atoms with Crippen molar-refractivity contribution in [2.45, 2.75) is 32.6 Å². The Balaban J connectivity index is 1.41. The fourth-order valence-corrected chi connectivity index (χ4v) is 3.53. The third-order valence-electron chi connectivity index (χ3n) is 5.15. The van der Waals surface area contributed by atoms with Crippen LogP contribution in [-0.2, 0) is 30.3 Å². The van der Waals surface area contributed by atoms with Gasteiger partial charge in [0, 0.05) is 12.2 Å². The standard InChI is InChI=1S/C21H24N2O5/c1-2-14-7-9-15(10-8-14)22-18(24)13-28-19(25)11-12-23-20(26)16-5-3-4-6-17(16)21(23)27/h3-4,7-10,16-17H,2,5-6,11-13H2,1H3,(H,22,24)/t16-,17+. The minimum Gasteiger partial charge on any atom is -0.456 e. The number of hydrogen-bond donors (Lipinski definition) is 1. The molecule has 3 amide bonds. The van der Waals surface area contributed by atoms with Crippen molar-refractivity contribution >= 4 is 29.4 Å². The molecule has 0 saturated carbocycles. The Morgan fingerprint density at radius 2 is 1.68 bits per heavy atom. The van der Waals surface area contributed by atoms with Gasteiger partial charge >= 0.3 is 5.97 Å². The number of allylic oxidation sites excluding steroid dienone is 2. The van der Waals surface area contributed by atoms with E-state index in [1.54, 1.807) is 12.1 Å². The highest BCUT2D eigenvalue weighted by molar-refractivity contribution is 6.05. The van der Waals surface area contributed by atoms with Crippen molar-refractivity contribution < 1.29 is 23.9 Å². The lowest BCUT2D eigenvalue weighted by Crippen LogP contribution is -2.33. The lowest BCUT2D eigenvalue weighted by molar-refractivity contribution is -0.148. The Morgan fingerprint density at radius 3 is 2.25 bits per heavy atom. The first-order chi connectivity index (χ1) is 13.5. The molecule has 1 heterocycles. The number of amides is 3. The first-order valence-electron chi connectivity index (χ1n) is 9.54. The molecule has 28 heavy (non-hydrogen) atoms. The van der Waals surface area contributed by atoms with Gasteiger partial charge in [-0.05, 0) is 37.0 Å². The number of esters is 1. The van der Waals surface area contributed by atoms with E-state index in [0.717, 1.165) is 16.9 Å². The number of imide groups is 1. The number of nitrogens with zero attached hydrogens (tertiary/aromatic N) is 1. The smallest absolute Gasteiger partial charge is 0.308 e. The number of nitrogens with one attached hydrogen (secondary N) is 1. The number of aryl methyl sites for hydroxylation is 1. The maximum absolute atomic E-state index is 12.3. The molecule has 0 bridgehead atoms.